The first-order valence-electron chi connectivity index (χ1n) is 11.0. The molecule has 1 aliphatic rings. The van der Waals surface area contributed by atoms with Crippen LogP contribution in [0.2, 0.25) is 0 Å². The number of hydrogen-bond acceptors (Lipinski definition) is 9. The maximum absolute atomic E-state index is 12.9. The lowest BCUT2D eigenvalue weighted by molar-refractivity contribution is -0.384. The van der Waals surface area contributed by atoms with Gasteiger partial charge in [-0.25, -0.2) is 9.78 Å². The lowest BCUT2D eigenvalue weighted by atomic mass is 9.74. The van der Waals surface area contributed by atoms with Gasteiger partial charge < -0.3 is 9.47 Å². The predicted octanol–water partition coefficient (Wildman–Crippen LogP) is 5.18. The number of allylic oxidation sites excluding steroid dienone is 1. The second-order valence-corrected chi connectivity index (χ2v) is 9.01. The Morgan fingerprint density at radius 2 is 1.81 bits per heavy atom. The van der Waals surface area contributed by atoms with E-state index in [2.05, 4.69) is 4.99 Å². The van der Waals surface area contributed by atoms with Crippen LogP contribution in [-0.2, 0) is 19.1 Å². The highest BCUT2D eigenvalue weighted by molar-refractivity contribution is 7.13. The van der Waals surface area contributed by atoms with Crippen LogP contribution in [0.25, 0.3) is 21.8 Å². The van der Waals surface area contributed by atoms with Gasteiger partial charge in [0.25, 0.3) is 5.69 Å². The van der Waals surface area contributed by atoms with Gasteiger partial charge in [0.2, 0.25) is 0 Å². The molecule has 184 valence electrons. The van der Waals surface area contributed by atoms with E-state index in [1.165, 1.54) is 37.7 Å². The number of nitro benzene ring substituents is 1. The molecule has 9 nitrogen and oxygen atoms in total. The number of carbonyl (C=O) groups is 2. The predicted molar refractivity (Wildman–Crippen MR) is 136 cm³/mol. The van der Waals surface area contributed by atoms with Crippen molar-refractivity contribution in [1.29, 1.82) is 0 Å². The van der Waals surface area contributed by atoms with Crippen molar-refractivity contribution in [3.63, 3.8) is 0 Å². The van der Waals surface area contributed by atoms with Crippen molar-refractivity contribution < 1.29 is 24.0 Å². The number of nitro groups is 1. The topological polar surface area (TPSA) is 121 Å². The quantitative estimate of drug-likeness (QED) is 0.257. The molecule has 0 bridgehead atoms. The standard InChI is InChI=1S/C26H23N3O6S/c1-14-21(25(30)34-3)23(22(15(2)27-14)26(31)35-4)18-10-5-6-11-19(18)24-28-20(13-36-24)16-8-7-9-17(12-16)29(32)33/h5-13,21,23H,1-4H3. The molecule has 0 amide bonds. The van der Waals surface area contributed by atoms with Crippen LogP contribution in [0.4, 0.5) is 5.69 Å². The molecule has 2 aromatic carbocycles. The van der Waals surface area contributed by atoms with Gasteiger partial charge in [-0.1, -0.05) is 36.4 Å². The van der Waals surface area contributed by atoms with Crippen molar-refractivity contribution in [3.8, 4) is 21.8 Å². The van der Waals surface area contributed by atoms with Gasteiger partial charge in [0.05, 0.1) is 30.4 Å². The molecule has 3 aromatic rings. The Balaban J connectivity index is 1.87. The molecule has 36 heavy (non-hydrogen) atoms. The summed E-state index contributed by atoms with van der Waals surface area (Å²) < 4.78 is 10.1. The normalized spacial score (nSPS) is 17.4. The third kappa shape index (κ3) is 4.55. The number of ether oxygens (including phenoxy) is 2. The number of rotatable bonds is 6. The summed E-state index contributed by atoms with van der Waals surface area (Å²) >= 11 is 1.36. The zero-order valence-corrected chi connectivity index (χ0v) is 20.9. The summed E-state index contributed by atoms with van der Waals surface area (Å²) in [5.41, 5.74) is 3.87. The second kappa shape index (κ2) is 10.2. The number of aliphatic imine (C=N–C) groups is 1. The third-order valence-corrected chi connectivity index (χ3v) is 6.95. The molecule has 2 heterocycles. The van der Waals surface area contributed by atoms with E-state index in [4.69, 9.17) is 14.5 Å². The molecule has 0 aliphatic carbocycles. The highest BCUT2D eigenvalue weighted by Crippen LogP contribution is 2.44. The van der Waals surface area contributed by atoms with E-state index >= 15 is 0 Å². The van der Waals surface area contributed by atoms with Crippen LogP contribution in [0.15, 0.2) is 70.2 Å². The number of non-ortho nitro benzene ring substituents is 1. The fourth-order valence-electron chi connectivity index (χ4n) is 4.45. The van der Waals surface area contributed by atoms with Crippen LogP contribution in [0.3, 0.4) is 0 Å². The minimum Gasteiger partial charge on any atom is -0.468 e. The number of carbonyl (C=O) groups excluding carboxylic acids is 2. The Bertz CT molecular complexity index is 1420. The van der Waals surface area contributed by atoms with Gasteiger partial charge in [0.1, 0.15) is 10.9 Å². The van der Waals surface area contributed by atoms with E-state index in [0.717, 1.165) is 5.56 Å². The highest BCUT2D eigenvalue weighted by atomic mass is 32.1. The van der Waals surface area contributed by atoms with Gasteiger partial charge in [-0.2, -0.15) is 0 Å². The number of methoxy groups -OCH3 is 2. The van der Waals surface area contributed by atoms with Crippen LogP contribution in [0.5, 0.6) is 0 Å². The van der Waals surface area contributed by atoms with Gasteiger partial charge in [-0.3, -0.25) is 19.9 Å². The first-order valence-corrected chi connectivity index (χ1v) is 11.9. The van der Waals surface area contributed by atoms with Crippen molar-refractivity contribution in [2.75, 3.05) is 14.2 Å². The second-order valence-electron chi connectivity index (χ2n) is 8.15. The molecule has 1 aromatic heterocycles. The monoisotopic (exact) mass is 505 g/mol. The van der Waals surface area contributed by atoms with Crippen molar-refractivity contribution in [2.45, 2.75) is 19.8 Å². The van der Waals surface area contributed by atoms with Crippen molar-refractivity contribution in [1.82, 2.24) is 4.98 Å². The molecule has 2 unspecified atom stereocenters. The fraction of sp³-hybridized carbons (Fsp3) is 0.231. The Morgan fingerprint density at radius 1 is 1.06 bits per heavy atom. The zero-order chi connectivity index (χ0) is 26.0. The number of esters is 2. The number of nitrogens with zero attached hydrogens (tertiary/aromatic N) is 3. The molecular weight excluding hydrogens is 482 g/mol. The summed E-state index contributed by atoms with van der Waals surface area (Å²) in [5.74, 6) is -2.62. The van der Waals surface area contributed by atoms with Crippen LogP contribution < -0.4 is 0 Å². The number of benzene rings is 2. The maximum Gasteiger partial charge on any atom is 0.336 e. The summed E-state index contributed by atoms with van der Waals surface area (Å²) in [7, 11) is 2.59. The molecule has 10 heteroatoms. The summed E-state index contributed by atoms with van der Waals surface area (Å²) in [4.78, 5) is 45.7. The van der Waals surface area contributed by atoms with Crippen LogP contribution in [0.1, 0.15) is 25.3 Å². The molecule has 2 atom stereocenters. The Labute approximate surface area is 211 Å². The molecule has 0 saturated carbocycles. The largest absolute Gasteiger partial charge is 0.468 e. The van der Waals surface area contributed by atoms with E-state index in [9.17, 15) is 19.7 Å². The Hall–Kier alpha value is -4.18. The van der Waals surface area contributed by atoms with Crippen LogP contribution >= 0.6 is 11.3 Å². The van der Waals surface area contributed by atoms with Gasteiger partial charge in [-0.15, -0.1) is 11.3 Å². The molecule has 0 saturated heterocycles. The van der Waals surface area contributed by atoms with Crippen molar-refractivity contribution in [3.05, 3.63) is 80.9 Å². The molecule has 4 rings (SSSR count). The van der Waals surface area contributed by atoms with E-state index in [1.807, 2.05) is 29.6 Å². The van der Waals surface area contributed by atoms with Crippen molar-refractivity contribution in [2.24, 2.45) is 10.9 Å². The minimum absolute atomic E-state index is 0.0244. The van der Waals surface area contributed by atoms with Gasteiger partial charge >= 0.3 is 11.9 Å². The smallest absolute Gasteiger partial charge is 0.336 e. The molecular formula is C26H23N3O6S. The number of thiazole rings is 1. The molecule has 0 fully saturated rings. The summed E-state index contributed by atoms with van der Waals surface area (Å²) in [5, 5.41) is 13.7. The number of hydrogen-bond donors (Lipinski definition) is 0. The van der Waals surface area contributed by atoms with Gasteiger partial charge in [0.15, 0.2) is 0 Å². The fourth-order valence-corrected chi connectivity index (χ4v) is 5.33. The first-order chi connectivity index (χ1) is 17.3. The van der Waals surface area contributed by atoms with Crippen LogP contribution in [-0.4, -0.2) is 41.8 Å². The summed E-state index contributed by atoms with van der Waals surface area (Å²) in [6.07, 6.45) is 0. The summed E-state index contributed by atoms with van der Waals surface area (Å²) in [6, 6.07) is 13.7. The van der Waals surface area contributed by atoms with E-state index < -0.39 is 28.7 Å². The molecule has 0 N–H and O–H groups in total. The average Bonchev–Trinajstić information content (AvgIpc) is 3.38. The van der Waals surface area contributed by atoms with Gasteiger partial charge in [0, 0.05) is 46.0 Å². The minimum atomic E-state index is -0.829. The zero-order valence-electron chi connectivity index (χ0n) is 20.1. The van der Waals surface area contributed by atoms with E-state index in [1.54, 1.807) is 26.0 Å². The third-order valence-electron chi connectivity index (χ3n) is 6.07. The van der Waals surface area contributed by atoms with Crippen LogP contribution in [0, 0.1) is 16.0 Å². The molecule has 0 spiro atoms. The number of aromatic nitrogens is 1. The average molecular weight is 506 g/mol. The van der Waals surface area contributed by atoms with E-state index in [0.29, 0.717) is 33.2 Å². The first kappa shape index (κ1) is 24.9. The maximum atomic E-state index is 12.9. The summed E-state index contributed by atoms with van der Waals surface area (Å²) in [6.45, 7) is 3.45. The van der Waals surface area contributed by atoms with Crippen molar-refractivity contribution >= 4 is 34.7 Å². The SMILES string of the molecule is COC(=O)C1=C(C)N=C(C)C(C(=O)OC)C1c1ccccc1-c1nc(-c2cccc([N+](=O)[O-])c2)cs1. The molecule has 1 aliphatic heterocycles. The van der Waals surface area contributed by atoms with E-state index in [-0.39, 0.29) is 11.3 Å². The van der Waals surface area contributed by atoms with Gasteiger partial charge in [-0.05, 0) is 19.4 Å². The lowest BCUT2D eigenvalue weighted by Gasteiger charge is -2.32. The lowest BCUT2D eigenvalue weighted by Crippen LogP contribution is -2.36. The Kier molecular flexibility index (Phi) is 7.07. The highest BCUT2D eigenvalue weighted by Gasteiger charge is 2.43. The Morgan fingerprint density at radius 3 is 2.50 bits per heavy atom. The molecule has 0 radical (unpaired) electrons.